The number of benzene rings is 2. The second-order valence-corrected chi connectivity index (χ2v) is 4.93. The third-order valence-corrected chi connectivity index (χ3v) is 3.37. The second kappa shape index (κ2) is 5.27. The van der Waals surface area contributed by atoms with Gasteiger partial charge < -0.3 is 5.73 Å². The van der Waals surface area contributed by atoms with Gasteiger partial charge in [-0.1, -0.05) is 29.3 Å². The van der Waals surface area contributed by atoms with Gasteiger partial charge in [-0.3, -0.25) is 0 Å². The predicted octanol–water partition coefficient (Wildman–Crippen LogP) is 4.57. The zero-order valence-corrected chi connectivity index (χ0v) is 11.3. The Balaban J connectivity index is 2.65. The van der Waals surface area contributed by atoms with Gasteiger partial charge >= 0.3 is 0 Å². The lowest BCUT2D eigenvalue weighted by Crippen LogP contribution is -1.99. The van der Waals surface area contributed by atoms with Crippen molar-refractivity contribution >= 4 is 23.2 Å². The predicted molar refractivity (Wildman–Crippen MR) is 74.5 cm³/mol. The Labute approximate surface area is 115 Å². The molecule has 0 atom stereocenters. The SMILES string of the molecule is Cc1cc(-c2ccc(Cl)cc2CN)c(Cl)cc1F. The maximum Gasteiger partial charge on any atom is 0.127 e. The van der Waals surface area contributed by atoms with Crippen molar-refractivity contribution in [3.8, 4) is 11.1 Å². The minimum Gasteiger partial charge on any atom is -0.326 e. The van der Waals surface area contributed by atoms with Crippen molar-refractivity contribution in [2.24, 2.45) is 5.73 Å². The van der Waals surface area contributed by atoms with Crippen LogP contribution in [0.2, 0.25) is 10.0 Å². The molecule has 0 heterocycles. The van der Waals surface area contributed by atoms with Crippen LogP contribution < -0.4 is 5.73 Å². The van der Waals surface area contributed by atoms with Gasteiger partial charge in [-0.2, -0.15) is 0 Å². The van der Waals surface area contributed by atoms with E-state index >= 15 is 0 Å². The highest BCUT2D eigenvalue weighted by molar-refractivity contribution is 6.33. The normalized spacial score (nSPS) is 10.7. The summed E-state index contributed by atoms with van der Waals surface area (Å²) in [6, 6.07) is 8.46. The Morgan fingerprint density at radius 1 is 1.11 bits per heavy atom. The lowest BCUT2D eigenvalue weighted by atomic mass is 9.98. The molecule has 2 aromatic carbocycles. The van der Waals surface area contributed by atoms with Gasteiger partial charge in [-0.15, -0.1) is 0 Å². The van der Waals surface area contributed by atoms with Crippen LogP contribution in [-0.4, -0.2) is 0 Å². The lowest BCUT2D eigenvalue weighted by molar-refractivity contribution is 0.619. The van der Waals surface area contributed by atoms with Crippen LogP contribution in [-0.2, 0) is 6.54 Å². The van der Waals surface area contributed by atoms with Crippen molar-refractivity contribution in [2.45, 2.75) is 13.5 Å². The molecular formula is C14H12Cl2FN. The van der Waals surface area contributed by atoms with Gasteiger partial charge in [0.1, 0.15) is 5.82 Å². The first kappa shape index (κ1) is 13.3. The molecule has 94 valence electrons. The molecule has 0 amide bonds. The highest BCUT2D eigenvalue weighted by atomic mass is 35.5. The fourth-order valence-corrected chi connectivity index (χ4v) is 2.30. The quantitative estimate of drug-likeness (QED) is 0.859. The van der Waals surface area contributed by atoms with Crippen LogP contribution in [0.15, 0.2) is 30.3 Å². The maximum atomic E-state index is 13.4. The Hall–Kier alpha value is -1.09. The Kier molecular flexibility index (Phi) is 3.91. The summed E-state index contributed by atoms with van der Waals surface area (Å²) in [6.45, 7) is 2.05. The number of nitrogens with two attached hydrogens (primary N) is 1. The van der Waals surface area contributed by atoms with Crippen LogP contribution in [0.5, 0.6) is 0 Å². The standard InChI is InChI=1S/C14H12Cl2FN/c1-8-4-12(13(16)6-14(8)17)11-3-2-10(15)5-9(11)7-18/h2-6H,7,18H2,1H3. The van der Waals surface area contributed by atoms with Crippen LogP contribution >= 0.6 is 23.2 Å². The zero-order valence-electron chi connectivity index (χ0n) is 9.81. The smallest absolute Gasteiger partial charge is 0.127 e. The van der Waals surface area contributed by atoms with E-state index in [1.807, 2.05) is 6.07 Å². The summed E-state index contributed by atoms with van der Waals surface area (Å²) in [6.07, 6.45) is 0. The number of aryl methyl sites for hydroxylation is 1. The maximum absolute atomic E-state index is 13.4. The van der Waals surface area contributed by atoms with E-state index < -0.39 is 0 Å². The van der Waals surface area contributed by atoms with Crippen molar-refractivity contribution in [3.05, 3.63) is 57.3 Å². The monoisotopic (exact) mass is 283 g/mol. The van der Waals surface area contributed by atoms with Crippen LogP contribution in [0, 0.1) is 12.7 Å². The molecule has 2 rings (SSSR count). The Morgan fingerprint density at radius 3 is 2.50 bits per heavy atom. The summed E-state index contributed by atoms with van der Waals surface area (Å²) >= 11 is 12.0. The molecular weight excluding hydrogens is 272 g/mol. The van der Waals surface area contributed by atoms with Crippen LogP contribution in [0.25, 0.3) is 11.1 Å². The summed E-state index contributed by atoms with van der Waals surface area (Å²) < 4.78 is 13.4. The Bertz CT molecular complexity index is 597. The molecule has 18 heavy (non-hydrogen) atoms. The van der Waals surface area contributed by atoms with Crippen molar-refractivity contribution < 1.29 is 4.39 Å². The molecule has 0 bridgehead atoms. The van der Waals surface area contributed by atoms with E-state index in [2.05, 4.69) is 0 Å². The highest BCUT2D eigenvalue weighted by Gasteiger charge is 2.11. The number of halogens is 3. The zero-order chi connectivity index (χ0) is 13.3. The topological polar surface area (TPSA) is 26.0 Å². The molecule has 0 aromatic heterocycles. The molecule has 1 nitrogen and oxygen atoms in total. The molecule has 0 spiro atoms. The van der Waals surface area contributed by atoms with Gasteiger partial charge in [-0.05, 0) is 47.9 Å². The number of hydrogen-bond donors (Lipinski definition) is 1. The summed E-state index contributed by atoms with van der Waals surface area (Å²) in [4.78, 5) is 0. The third-order valence-electron chi connectivity index (χ3n) is 2.83. The van der Waals surface area contributed by atoms with Crippen molar-refractivity contribution in [2.75, 3.05) is 0 Å². The van der Waals surface area contributed by atoms with E-state index in [1.54, 1.807) is 25.1 Å². The molecule has 0 fully saturated rings. The van der Waals surface area contributed by atoms with Gasteiger partial charge in [0.2, 0.25) is 0 Å². The molecule has 0 radical (unpaired) electrons. The van der Waals surface area contributed by atoms with Gasteiger partial charge in [0.25, 0.3) is 0 Å². The number of hydrogen-bond acceptors (Lipinski definition) is 1. The average molecular weight is 284 g/mol. The van der Waals surface area contributed by atoms with Crippen LogP contribution in [0.1, 0.15) is 11.1 Å². The fourth-order valence-electron chi connectivity index (χ4n) is 1.86. The molecule has 0 unspecified atom stereocenters. The van der Waals surface area contributed by atoms with Crippen LogP contribution in [0.3, 0.4) is 0 Å². The van der Waals surface area contributed by atoms with Gasteiger partial charge in [-0.25, -0.2) is 4.39 Å². The first-order valence-corrected chi connectivity index (χ1v) is 6.23. The molecule has 0 aliphatic heterocycles. The molecule has 2 aromatic rings. The molecule has 0 saturated carbocycles. The molecule has 0 aliphatic carbocycles. The van der Waals surface area contributed by atoms with Gasteiger partial charge in [0.05, 0.1) is 5.02 Å². The lowest BCUT2D eigenvalue weighted by Gasteiger charge is -2.11. The van der Waals surface area contributed by atoms with Crippen molar-refractivity contribution in [3.63, 3.8) is 0 Å². The van der Waals surface area contributed by atoms with Gasteiger partial charge in [0, 0.05) is 17.1 Å². The second-order valence-electron chi connectivity index (χ2n) is 4.09. The molecule has 0 aliphatic rings. The fraction of sp³-hybridized carbons (Fsp3) is 0.143. The molecule has 2 N–H and O–H groups in total. The average Bonchev–Trinajstić information content (AvgIpc) is 2.34. The molecule has 4 heteroatoms. The first-order valence-electron chi connectivity index (χ1n) is 5.47. The van der Waals surface area contributed by atoms with Crippen molar-refractivity contribution in [1.82, 2.24) is 0 Å². The van der Waals surface area contributed by atoms with E-state index in [0.717, 1.165) is 16.7 Å². The summed E-state index contributed by atoms with van der Waals surface area (Å²) in [5.41, 5.74) is 8.79. The minimum absolute atomic E-state index is 0.313. The van der Waals surface area contributed by atoms with Crippen molar-refractivity contribution in [1.29, 1.82) is 0 Å². The third kappa shape index (κ3) is 2.51. The summed E-state index contributed by atoms with van der Waals surface area (Å²) in [5, 5.41) is 0.990. The van der Waals surface area contributed by atoms with E-state index in [0.29, 0.717) is 22.2 Å². The largest absolute Gasteiger partial charge is 0.326 e. The van der Waals surface area contributed by atoms with Crippen LogP contribution in [0.4, 0.5) is 4.39 Å². The van der Waals surface area contributed by atoms with E-state index in [4.69, 9.17) is 28.9 Å². The van der Waals surface area contributed by atoms with E-state index in [9.17, 15) is 4.39 Å². The molecule has 0 saturated heterocycles. The minimum atomic E-state index is -0.313. The Morgan fingerprint density at radius 2 is 1.83 bits per heavy atom. The number of rotatable bonds is 2. The summed E-state index contributed by atoms with van der Waals surface area (Å²) in [7, 11) is 0. The first-order chi connectivity index (χ1) is 8.52. The van der Waals surface area contributed by atoms with Gasteiger partial charge in [0.15, 0.2) is 0 Å². The summed E-state index contributed by atoms with van der Waals surface area (Å²) in [5.74, 6) is -0.313. The van der Waals surface area contributed by atoms with E-state index in [-0.39, 0.29) is 5.82 Å². The highest BCUT2D eigenvalue weighted by Crippen LogP contribution is 2.33. The van der Waals surface area contributed by atoms with E-state index in [1.165, 1.54) is 6.07 Å².